The fraction of sp³-hybridized carbons (Fsp3) is 0.667. The van der Waals surface area contributed by atoms with E-state index in [9.17, 15) is 0 Å². The molecule has 0 bridgehead atoms. The van der Waals surface area contributed by atoms with E-state index >= 15 is 0 Å². The lowest BCUT2D eigenvalue weighted by Gasteiger charge is -1.91. The summed E-state index contributed by atoms with van der Waals surface area (Å²) in [5.74, 6) is 3.71. The highest BCUT2D eigenvalue weighted by Crippen LogP contribution is 1.99. The predicted molar refractivity (Wildman–Crippen MR) is 62.8 cm³/mol. The van der Waals surface area contributed by atoms with Crippen LogP contribution in [-0.2, 0) is 13.0 Å². The summed E-state index contributed by atoms with van der Waals surface area (Å²) in [4.78, 5) is 1.53. The van der Waals surface area contributed by atoms with Crippen molar-refractivity contribution < 1.29 is 0 Å². The SMILES string of the molecule is CCCCCc1nnn(CC#CI)n1. The molecule has 0 saturated carbocycles. The molecule has 0 aliphatic heterocycles. The number of halogens is 1. The van der Waals surface area contributed by atoms with Crippen LogP contribution in [0.3, 0.4) is 0 Å². The Morgan fingerprint density at radius 1 is 1.43 bits per heavy atom. The van der Waals surface area contributed by atoms with Gasteiger partial charge in [0.05, 0.1) is 0 Å². The number of tetrazole rings is 1. The molecular weight excluding hydrogens is 291 g/mol. The summed E-state index contributed by atoms with van der Waals surface area (Å²) in [5.41, 5.74) is 0. The largest absolute Gasteiger partial charge is 0.174 e. The number of aromatic nitrogens is 4. The maximum absolute atomic E-state index is 4.21. The molecule has 1 aromatic rings. The first kappa shape index (κ1) is 11.4. The van der Waals surface area contributed by atoms with Crippen LogP contribution in [0.2, 0.25) is 0 Å². The van der Waals surface area contributed by atoms with Crippen molar-refractivity contribution in [2.75, 3.05) is 0 Å². The van der Waals surface area contributed by atoms with Crippen molar-refractivity contribution in [3.8, 4) is 9.85 Å². The molecule has 1 rings (SSSR count). The Morgan fingerprint density at radius 3 is 3.00 bits per heavy atom. The third-order valence-electron chi connectivity index (χ3n) is 1.79. The molecule has 0 unspecified atom stereocenters. The van der Waals surface area contributed by atoms with Gasteiger partial charge in [-0.1, -0.05) is 25.7 Å². The van der Waals surface area contributed by atoms with Crippen molar-refractivity contribution in [3.63, 3.8) is 0 Å². The zero-order valence-electron chi connectivity index (χ0n) is 8.20. The zero-order valence-corrected chi connectivity index (χ0v) is 10.4. The van der Waals surface area contributed by atoms with Gasteiger partial charge in [-0.25, -0.2) is 0 Å². The van der Waals surface area contributed by atoms with E-state index in [1.165, 1.54) is 17.6 Å². The minimum absolute atomic E-state index is 0.531. The van der Waals surface area contributed by atoms with Gasteiger partial charge < -0.3 is 0 Å². The van der Waals surface area contributed by atoms with Crippen LogP contribution in [0.4, 0.5) is 0 Å². The molecule has 0 aliphatic carbocycles. The summed E-state index contributed by atoms with van der Waals surface area (Å²) in [7, 11) is 0. The molecule has 0 atom stereocenters. The molecular formula is C9H13IN4. The van der Waals surface area contributed by atoms with Crippen LogP contribution < -0.4 is 0 Å². The lowest BCUT2D eigenvalue weighted by Crippen LogP contribution is -2.00. The lowest BCUT2D eigenvalue weighted by molar-refractivity contribution is 0.588. The fourth-order valence-electron chi connectivity index (χ4n) is 1.08. The van der Waals surface area contributed by atoms with Gasteiger partial charge in [-0.3, -0.25) is 0 Å². The molecule has 14 heavy (non-hydrogen) atoms. The standard InChI is InChI=1S/C9H13IN4/c1-2-3-4-6-9-11-13-14(12-9)8-5-7-10/h2-4,6,8H2,1H3. The Morgan fingerprint density at radius 2 is 2.29 bits per heavy atom. The van der Waals surface area contributed by atoms with Gasteiger partial charge in [0.1, 0.15) is 6.54 Å². The van der Waals surface area contributed by atoms with E-state index < -0.39 is 0 Å². The minimum Gasteiger partial charge on any atom is -0.152 e. The molecule has 0 saturated heterocycles. The van der Waals surface area contributed by atoms with E-state index in [-0.39, 0.29) is 0 Å². The van der Waals surface area contributed by atoms with Gasteiger partial charge in [-0.15, -0.1) is 10.2 Å². The van der Waals surface area contributed by atoms with Gasteiger partial charge in [-0.2, -0.15) is 4.80 Å². The van der Waals surface area contributed by atoms with Gasteiger partial charge in [0.2, 0.25) is 0 Å². The van der Waals surface area contributed by atoms with Gasteiger partial charge >= 0.3 is 0 Å². The van der Waals surface area contributed by atoms with E-state index in [1.807, 2.05) is 22.6 Å². The van der Waals surface area contributed by atoms with E-state index in [0.29, 0.717) is 6.54 Å². The third-order valence-corrected chi connectivity index (χ3v) is 2.17. The summed E-state index contributed by atoms with van der Waals surface area (Å²) in [6, 6.07) is 0. The smallest absolute Gasteiger partial charge is 0.152 e. The molecule has 0 aromatic carbocycles. The molecule has 0 radical (unpaired) electrons. The Kier molecular flexibility index (Phi) is 5.52. The Labute approximate surface area is 97.6 Å². The van der Waals surface area contributed by atoms with Crippen LogP contribution in [-0.4, -0.2) is 20.2 Å². The van der Waals surface area contributed by atoms with Crippen molar-refractivity contribution >= 4 is 22.6 Å². The minimum atomic E-state index is 0.531. The summed E-state index contributed by atoms with van der Waals surface area (Å²) in [6.45, 7) is 2.71. The highest BCUT2D eigenvalue weighted by atomic mass is 127. The Hall–Kier alpha value is -0.640. The van der Waals surface area contributed by atoms with Crippen molar-refractivity contribution in [1.29, 1.82) is 0 Å². The molecule has 0 spiro atoms. The maximum atomic E-state index is 4.21. The number of rotatable bonds is 5. The van der Waals surface area contributed by atoms with Crippen molar-refractivity contribution in [2.24, 2.45) is 0 Å². The number of hydrogen-bond donors (Lipinski definition) is 0. The van der Waals surface area contributed by atoms with Crippen LogP contribution in [0.5, 0.6) is 0 Å². The Bertz CT molecular complexity index is 323. The molecule has 0 amide bonds. The average molecular weight is 304 g/mol. The van der Waals surface area contributed by atoms with Gasteiger partial charge in [0.25, 0.3) is 0 Å². The summed E-state index contributed by atoms with van der Waals surface area (Å²) in [5, 5.41) is 12.1. The highest BCUT2D eigenvalue weighted by Gasteiger charge is 2.00. The number of nitrogens with zero attached hydrogens (tertiary/aromatic N) is 4. The quantitative estimate of drug-likeness (QED) is 0.473. The number of unbranched alkanes of at least 4 members (excludes halogenated alkanes) is 2. The van der Waals surface area contributed by atoms with Crippen LogP contribution in [0.1, 0.15) is 32.0 Å². The first-order valence-corrected chi connectivity index (χ1v) is 5.80. The van der Waals surface area contributed by atoms with Crippen molar-refractivity contribution in [1.82, 2.24) is 20.2 Å². The number of hydrogen-bond acceptors (Lipinski definition) is 3. The number of aryl methyl sites for hydroxylation is 1. The normalized spacial score (nSPS) is 9.57. The van der Waals surface area contributed by atoms with Crippen LogP contribution in [0.15, 0.2) is 0 Å². The van der Waals surface area contributed by atoms with Crippen molar-refractivity contribution in [3.05, 3.63) is 5.82 Å². The monoisotopic (exact) mass is 304 g/mol. The molecule has 76 valence electrons. The molecule has 1 heterocycles. The van der Waals surface area contributed by atoms with Crippen LogP contribution in [0.25, 0.3) is 0 Å². The highest BCUT2D eigenvalue weighted by molar-refractivity contribution is 14.1. The molecule has 4 nitrogen and oxygen atoms in total. The second-order valence-corrected chi connectivity index (χ2v) is 3.50. The van der Waals surface area contributed by atoms with Gasteiger partial charge in [0, 0.05) is 29.0 Å². The molecule has 0 N–H and O–H groups in total. The second kappa shape index (κ2) is 6.76. The van der Waals surface area contributed by atoms with Crippen LogP contribution in [0, 0.1) is 9.85 Å². The Balaban J connectivity index is 2.37. The molecule has 1 aromatic heterocycles. The van der Waals surface area contributed by atoms with E-state index in [1.54, 1.807) is 0 Å². The topological polar surface area (TPSA) is 43.6 Å². The summed E-state index contributed by atoms with van der Waals surface area (Å²) in [6.07, 6.45) is 4.50. The summed E-state index contributed by atoms with van der Waals surface area (Å²) < 4.78 is 2.77. The maximum Gasteiger partial charge on any atom is 0.174 e. The molecule has 0 aliphatic rings. The average Bonchev–Trinajstić information content (AvgIpc) is 2.63. The second-order valence-electron chi connectivity index (χ2n) is 2.96. The molecule has 0 fully saturated rings. The fourth-order valence-corrected chi connectivity index (χ4v) is 1.25. The van der Waals surface area contributed by atoms with E-state index in [2.05, 4.69) is 32.2 Å². The van der Waals surface area contributed by atoms with Crippen LogP contribution >= 0.6 is 22.6 Å². The first-order chi connectivity index (χ1) is 6.86. The lowest BCUT2D eigenvalue weighted by atomic mass is 10.2. The van der Waals surface area contributed by atoms with Gasteiger partial charge in [0.15, 0.2) is 5.82 Å². The molecule has 5 heteroatoms. The zero-order chi connectivity index (χ0) is 10.2. The van der Waals surface area contributed by atoms with E-state index in [4.69, 9.17) is 0 Å². The predicted octanol–water partition coefficient (Wildman–Crippen LogP) is 1.80. The van der Waals surface area contributed by atoms with E-state index in [0.717, 1.165) is 18.7 Å². The third kappa shape index (κ3) is 4.05. The van der Waals surface area contributed by atoms with Gasteiger partial charge in [-0.05, 0) is 15.6 Å². The van der Waals surface area contributed by atoms with Crippen molar-refractivity contribution in [2.45, 2.75) is 39.2 Å². The first-order valence-electron chi connectivity index (χ1n) is 4.72. The summed E-state index contributed by atoms with van der Waals surface area (Å²) >= 11 is 2.00.